The molecule has 1 fully saturated rings. The second-order valence-corrected chi connectivity index (χ2v) is 9.98. The molecule has 0 aromatic heterocycles. The van der Waals surface area contributed by atoms with E-state index in [-0.39, 0.29) is 27.4 Å². The Hall–Kier alpha value is -1.02. The Morgan fingerprint density at radius 2 is 1.64 bits per heavy atom. The Balaban J connectivity index is 1.79. The van der Waals surface area contributed by atoms with Crippen LogP contribution in [-0.2, 0) is 14.8 Å². The molecule has 28 heavy (non-hydrogen) atoms. The zero-order valence-corrected chi connectivity index (χ0v) is 18.3. The van der Waals surface area contributed by atoms with Gasteiger partial charge in [-0.3, -0.25) is 4.79 Å². The number of rotatable bonds is 4. The summed E-state index contributed by atoms with van der Waals surface area (Å²) in [6, 6.07) is 9.01. The van der Waals surface area contributed by atoms with Crippen LogP contribution in [0.25, 0.3) is 0 Å². The van der Waals surface area contributed by atoms with Crippen LogP contribution in [0.5, 0.6) is 0 Å². The van der Waals surface area contributed by atoms with Crippen LogP contribution in [0.3, 0.4) is 0 Å². The SMILES string of the molecule is O=C(Nc1cc(Cl)ccc1Cl)[C@H]1CCCN(S(=O)(=O)c2cc(Cl)ccc2Cl)C1. The maximum atomic E-state index is 13.0. The Kier molecular flexibility index (Phi) is 6.80. The lowest BCUT2D eigenvalue weighted by Gasteiger charge is -2.31. The molecule has 150 valence electrons. The number of carbonyl (C=O) groups excluding carboxylic acids is 1. The van der Waals surface area contributed by atoms with Crippen LogP contribution in [0.15, 0.2) is 41.3 Å². The van der Waals surface area contributed by atoms with Crippen LogP contribution in [0.2, 0.25) is 20.1 Å². The van der Waals surface area contributed by atoms with E-state index in [1.807, 2.05) is 0 Å². The summed E-state index contributed by atoms with van der Waals surface area (Å²) in [6.07, 6.45) is 1.10. The third-order valence-corrected chi connectivity index (χ3v) is 7.60. The van der Waals surface area contributed by atoms with Crippen molar-refractivity contribution in [2.75, 3.05) is 18.4 Å². The van der Waals surface area contributed by atoms with Crippen molar-refractivity contribution in [3.8, 4) is 0 Å². The lowest BCUT2D eigenvalue weighted by molar-refractivity contribution is -0.120. The van der Waals surface area contributed by atoms with Crippen molar-refractivity contribution in [2.24, 2.45) is 5.92 Å². The highest BCUT2D eigenvalue weighted by Gasteiger charge is 2.34. The molecule has 0 unspecified atom stereocenters. The number of benzene rings is 2. The number of anilines is 1. The molecule has 1 atom stereocenters. The van der Waals surface area contributed by atoms with Gasteiger partial charge in [0.2, 0.25) is 15.9 Å². The number of carbonyl (C=O) groups is 1. The molecular formula is C18H16Cl4N2O3S. The third-order valence-electron chi connectivity index (χ3n) is 4.45. The molecule has 1 heterocycles. The van der Waals surface area contributed by atoms with Gasteiger partial charge >= 0.3 is 0 Å². The van der Waals surface area contributed by atoms with E-state index in [0.717, 1.165) is 0 Å². The van der Waals surface area contributed by atoms with E-state index in [2.05, 4.69) is 5.32 Å². The summed E-state index contributed by atoms with van der Waals surface area (Å²) in [5.74, 6) is -0.849. The highest BCUT2D eigenvalue weighted by Crippen LogP contribution is 2.31. The number of piperidine rings is 1. The van der Waals surface area contributed by atoms with E-state index in [9.17, 15) is 13.2 Å². The molecule has 1 N–H and O–H groups in total. The fourth-order valence-corrected chi connectivity index (χ4v) is 5.61. The van der Waals surface area contributed by atoms with Gasteiger partial charge in [0, 0.05) is 23.1 Å². The predicted octanol–water partition coefficient (Wildman–Crippen LogP) is 5.34. The fraction of sp³-hybridized carbons (Fsp3) is 0.278. The van der Waals surface area contributed by atoms with E-state index >= 15 is 0 Å². The molecular weight excluding hydrogens is 466 g/mol. The fourth-order valence-electron chi connectivity index (χ4n) is 3.02. The van der Waals surface area contributed by atoms with Gasteiger partial charge < -0.3 is 5.32 Å². The minimum atomic E-state index is -3.88. The Bertz CT molecular complexity index is 1010. The van der Waals surface area contributed by atoms with Gasteiger partial charge in [0.1, 0.15) is 4.90 Å². The van der Waals surface area contributed by atoms with Crippen molar-refractivity contribution in [3.63, 3.8) is 0 Å². The van der Waals surface area contributed by atoms with Crippen LogP contribution in [0.1, 0.15) is 12.8 Å². The lowest BCUT2D eigenvalue weighted by atomic mass is 9.99. The molecule has 2 aromatic carbocycles. The molecule has 0 bridgehead atoms. The Morgan fingerprint density at radius 1 is 1.00 bits per heavy atom. The number of amides is 1. The molecule has 0 aliphatic carbocycles. The van der Waals surface area contributed by atoms with Gasteiger partial charge in [0.25, 0.3) is 0 Å². The summed E-state index contributed by atoms with van der Waals surface area (Å²) >= 11 is 24.0. The topological polar surface area (TPSA) is 66.5 Å². The van der Waals surface area contributed by atoms with Gasteiger partial charge in [0.15, 0.2) is 0 Å². The molecule has 1 aliphatic rings. The molecule has 0 radical (unpaired) electrons. The van der Waals surface area contributed by atoms with Crippen molar-refractivity contribution < 1.29 is 13.2 Å². The van der Waals surface area contributed by atoms with E-state index in [4.69, 9.17) is 46.4 Å². The first-order valence-corrected chi connectivity index (χ1v) is 11.3. The standard InChI is InChI=1S/C18H16Cl4N2O3S/c19-12-3-5-14(21)16(8-12)23-18(25)11-2-1-7-24(10-11)28(26,27)17-9-13(20)4-6-15(17)22/h3-6,8-9,11H,1-2,7,10H2,(H,23,25)/t11-/m0/s1. The molecule has 10 heteroatoms. The van der Waals surface area contributed by atoms with Crippen molar-refractivity contribution in [1.29, 1.82) is 0 Å². The first-order valence-electron chi connectivity index (χ1n) is 8.39. The van der Waals surface area contributed by atoms with Crippen LogP contribution >= 0.6 is 46.4 Å². The van der Waals surface area contributed by atoms with Gasteiger partial charge in [-0.1, -0.05) is 46.4 Å². The summed E-state index contributed by atoms with van der Waals surface area (Å²) in [5.41, 5.74) is 0.386. The second-order valence-electron chi connectivity index (χ2n) is 6.39. The molecule has 1 aliphatic heterocycles. The highest BCUT2D eigenvalue weighted by molar-refractivity contribution is 7.89. The van der Waals surface area contributed by atoms with Gasteiger partial charge in [-0.15, -0.1) is 0 Å². The molecule has 1 saturated heterocycles. The van der Waals surface area contributed by atoms with Crippen LogP contribution in [0.4, 0.5) is 5.69 Å². The van der Waals surface area contributed by atoms with Gasteiger partial charge in [-0.05, 0) is 49.2 Å². The minimum absolute atomic E-state index is 0.0369. The maximum absolute atomic E-state index is 13.0. The molecule has 0 saturated carbocycles. The minimum Gasteiger partial charge on any atom is -0.324 e. The lowest BCUT2D eigenvalue weighted by Crippen LogP contribution is -2.43. The molecule has 2 aromatic rings. The molecule has 0 spiro atoms. The van der Waals surface area contributed by atoms with Gasteiger partial charge in [0.05, 0.1) is 21.7 Å². The summed E-state index contributed by atoms with van der Waals surface area (Å²) in [7, 11) is -3.88. The van der Waals surface area contributed by atoms with E-state index in [1.165, 1.54) is 22.5 Å². The molecule has 5 nitrogen and oxygen atoms in total. The van der Waals surface area contributed by atoms with Crippen LogP contribution < -0.4 is 5.32 Å². The van der Waals surface area contributed by atoms with Crippen molar-refractivity contribution >= 4 is 68.0 Å². The van der Waals surface area contributed by atoms with Gasteiger partial charge in [-0.25, -0.2) is 8.42 Å². The van der Waals surface area contributed by atoms with Crippen molar-refractivity contribution in [3.05, 3.63) is 56.5 Å². The number of hydrogen-bond donors (Lipinski definition) is 1. The van der Waals surface area contributed by atoms with Crippen molar-refractivity contribution in [1.82, 2.24) is 4.31 Å². The molecule has 3 rings (SSSR count). The zero-order valence-electron chi connectivity index (χ0n) is 14.5. The largest absolute Gasteiger partial charge is 0.324 e. The van der Waals surface area contributed by atoms with E-state index in [0.29, 0.717) is 35.1 Å². The van der Waals surface area contributed by atoms with Gasteiger partial charge in [-0.2, -0.15) is 4.31 Å². The van der Waals surface area contributed by atoms with Crippen molar-refractivity contribution in [2.45, 2.75) is 17.7 Å². The Labute approximate surface area is 183 Å². The number of hydrogen-bond acceptors (Lipinski definition) is 3. The normalized spacial score (nSPS) is 18.1. The summed E-state index contributed by atoms with van der Waals surface area (Å²) in [6.45, 7) is 0.335. The Morgan fingerprint density at radius 3 is 2.36 bits per heavy atom. The smallest absolute Gasteiger partial charge is 0.244 e. The average molecular weight is 482 g/mol. The van der Waals surface area contributed by atoms with Crippen LogP contribution in [0, 0.1) is 5.92 Å². The van der Waals surface area contributed by atoms with E-state index < -0.39 is 15.9 Å². The number of nitrogens with zero attached hydrogens (tertiary/aromatic N) is 1. The average Bonchev–Trinajstić information content (AvgIpc) is 2.66. The quantitative estimate of drug-likeness (QED) is 0.640. The predicted molar refractivity (Wildman–Crippen MR) is 113 cm³/mol. The highest BCUT2D eigenvalue weighted by atomic mass is 35.5. The number of nitrogens with one attached hydrogen (secondary N) is 1. The number of sulfonamides is 1. The zero-order chi connectivity index (χ0) is 20.5. The van der Waals surface area contributed by atoms with Crippen LogP contribution in [-0.4, -0.2) is 31.7 Å². The third kappa shape index (κ3) is 4.75. The molecule has 1 amide bonds. The first kappa shape index (κ1) is 21.7. The number of halogens is 4. The summed E-state index contributed by atoms with van der Waals surface area (Å²) in [4.78, 5) is 12.6. The maximum Gasteiger partial charge on any atom is 0.244 e. The monoisotopic (exact) mass is 480 g/mol. The first-order chi connectivity index (χ1) is 13.2. The second kappa shape index (κ2) is 8.78. The summed E-state index contributed by atoms with van der Waals surface area (Å²) in [5, 5.41) is 3.87. The van der Waals surface area contributed by atoms with E-state index in [1.54, 1.807) is 18.2 Å². The summed E-state index contributed by atoms with van der Waals surface area (Å²) < 4.78 is 27.3.